The molecule has 2 aromatic rings. The van der Waals surface area contributed by atoms with Gasteiger partial charge in [-0.05, 0) is 42.3 Å². The van der Waals surface area contributed by atoms with Crippen LogP contribution in [0, 0.1) is 10.1 Å². The van der Waals surface area contributed by atoms with Gasteiger partial charge in [0.1, 0.15) is 11.5 Å². The quantitative estimate of drug-likeness (QED) is 0.186. The van der Waals surface area contributed by atoms with Crippen LogP contribution in [0.25, 0.3) is 5.76 Å². The maximum Gasteiger partial charge on any atom is 0.295 e. The number of amides is 1. The number of likely N-dealkylation sites (tertiary alicyclic amines) is 1. The fourth-order valence-corrected chi connectivity index (χ4v) is 4.75. The second-order valence-electron chi connectivity index (χ2n) is 8.50. The summed E-state index contributed by atoms with van der Waals surface area (Å²) in [4.78, 5) is 40.5. The maximum atomic E-state index is 13.2. The van der Waals surface area contributed by atoms with Gasteiger partial charge in [0.15, 0.2) is 0 Å². The maximum absolute atomic E-state index is 13.2. The Morgan fingerprint density at radius 1 is 1.17 bits per heavy atom. The van der Waals surface area contributed by atoms with Crippen LogP contribution in [0.1, 0.15) is 23.6 Å². The van der Waals surface area contributed by atoms with E-state index in [-0.39, 0.29) is 34.2 Å². The van der Waals surface area contributed by atoms with E-state index in [9.17, 15) is 24.8 Å². The predicted molar refractivity (Wildman–Crippen MR) is 132 cm³/mol. The minimum absolute atomic E-state index is 0.0959. The summed E-state index contributed by atoms with van der Waals surface area (Å²) in [5.74, 6) is -1.55. The summed E-state index contributed by atoms with van der Waals surface area (Å²) in [5, 5.41) is 22.5. The fraction of sp³-hybridized carbons (Fsp3) is 0.360. The van der Waals surface area contributed by atoms with E-state index >= 15 is 0 Å². The smallest absolute Gasteiger partial charge is 0.295 e. The number of methoxy groups -OCH3 is 1. The number of Topliss-reactive ketones (excluding diaryl/α,β-unsaturated/α-hetero) is 1. The number of hydrogen-bond donors (Lipinski definition) is 1. The molecule has 1 atom stereocenters. The van der Waals surface area contributed by atoms with Gasteiger partial charge in [-0.1, -0.05) is 11.6 Å². The van der Waals surface area contributed by atoms with Crippen molar-refractivity contribution in [2.24, 2.45) is 0 Å². The van der Waals surface area contributed by atoms with Gasteiger partial charge in [0.2, 0.25) is 0 Å². The molecule has 11 heteroatoms. The molecule has 2 heterocycles. The first-order chi connectivity index (χ1) is 17.3. The van der Waals surface area contributed by atoms with Crippen LogP contribution in [0.5, 0.6) is 5.75 Å². The van der Waals surface area contributed by atoms with Crippen LogP contribution in [-0.4, -0.2) is 78.0 Å². The van der Waals surface area contributed by atoms with Gasteiger partial charge in [0.25, 0.3) is 17.4 Å². The van der Waals surface area contributed by atoms with Crippen molar-refractivity contribution in [3.63, 3.8) is 0 Å². The third kappa shape index (κ3) is 5.20. The fourth-order valence-electron chi connectivity index (χ4n) is 4.49. The Hall–Kier alpha value is -3.47. The number of hydrogen-bond acceptors (Lipinski definition) is 8. The van der Waals surface area contributed by atoms with Crippen LogP contribution in [0.3, 0.4) is 0 Å². The van der Waals surface area contributed by atoms with E-state index in [4.69, 9.17) is 21.1 Å². The van der Waals surface area contributed by atoms with E-state index in [0.717, 1.165) is 13.1 Å². The number of nitro benzene ring substituents is 1. The third-order valence-corrected chi connectivity index (χ3v) is 6.66. The summed E-state index contributed by atoms with van der Waals surface area (Å²) < 4.78 is 10.5. The predicted octanol–water partition coefficient (Wildman–Crippen LogP) is 3.40. The lowest BCUT2D eigenvalue weighted by Crippen LogP contribution is -2.38. The number of nitrogens with zero attached hydrogens (tertiary/aromatic N) is 3. The summed E-state index contributed by atoms with van der Waals surface area (Å²) >= 11 is 6.22. The van der Waals surface area contributed by atoms with Crippen LogP contribution in [0.15, 0.2) is 48.0 Å². The Balaban J connectivity index is 1.70. The van der Waals surface area contributed by atoms with Gasteiger partial charge < -0.3 is 19.5 Å². The minimum atomic E-state index is -0.906. The second kappa shape index (κ2) is 11.1. The van der Waals surface area contributed by atoms with Crippen molar-refractivity contribution >= 4 is 34.7 Å². The van der Waals surface area contributed by atoms with Crippen molar-refractivity contribution < 1.29 is 29.1 Å². The first kappa shape index (κ1) is 25.6. The first-order valence-corrected chi connectivity index (χ1v) is 11.9. The van der Waals surface area contributed by atoms with Crippen molar-refractivity contribution in [3.8, 4) is 5.75 Å². The molecule has 2 aliphatic heterocycles. The molecule has 0 saturated carbocycles. The van der Waals surface area contributed by atoms with Crippen molar-refractivity contribution in [2.75, 3.05) is 46.5 Å². The van der Waals surface area contributed by atoms with Crippen LogP contribution < -0.4 is 4.74 Å². The normalized spacial score (nSPS) is 20.1. The standard InChI is InChI=1S/C25H26ClN3O7/c1-35-20-8-5-17(15-19(20)26)23(30)21-22(16-3-6-18(7-4-16)29(33)34)28(25(32)24(21)31)10-2-9-27-11-13-36-14-12-27/h3-8,15,22,30H,2,9-14H2,1H3/b23-21+/t22-/m0/s1. The van der Waals surface area contributed by atoms with E-state index in [1.165, 1.54) is 42.3 Å². The summed E-state index contributed by atoms with van der Waals surface area (Å²) in [6.45, 7) is 3.87. The molecular formula is C25H26ClN3O7. The Bertz CT molecular complexity index is 1190. The van der Waals surface area contributed by atoms with Crippen molar-refractivity contribution in [2.45, 2.75) is 12.5 Å². The molecule has 0 bridgehead atoms. The van der Waals surface area contributed by atoms with E-state index in [1.807, 2.05) is 0 Å². The van der Waals surface area contributed by atoms with Crippen LogP contribution in [0.4, 0.5) is 5.69 Å². The zero-order chi connectivity index (χ0) is 25.8. The van der Waals surface area contributed by atoms with Gasteiger partial charge in [-0.15, -0.1) is 0 Å². The van der Waals surface area contributed by atoms with Crippen molar-refractivity contribution in [3.05, 3.63) is 74.3 Å². The molecule has 190 valence electrons. The Labute approximate surface area is 212 Å². The second-order valence-corrected chi connectivity index (χ2v) is 8.91. The Morgan fingerprint density at radius 2 is 1.86 bits per heavy atom. The Morgan fingerprint density at radius 3 is 2.47 bits per heavy atom. The van der Waals surface area contributed by atoms with Crippen molar-refractivity contribution in [1.29, 1.82) is 0 Å². The average molecular weight is 516 g/mol. The zero-order valence-electron chi connectivity index (χ0n) is 19.7. The lowest BCUT2D eigenvalue weighted by Gasteiger charge is -2.29. The highest BCUT2D eigenvalue weighted by molar-refractivity contribution is 6.46. The van der Waals surface area contributed by atoms with E-state index in [2.05, 4.69) is 4.90 Å². The van der Waals surface area contributed by atoms with Gasteiger partial charge in [-0.3, -0.25) is 24.6 Å². The van der Waals surface area contributed by atoms with Crippen LogP contribution in [-0.2, 0) is 14.3 Å². The lowest BCUT2D eigenvalue weighted by atomic mass is 9.95. The number of ketones is 1. The van der Waals surface area contributed by atoms with Crippen molar-refractivity contribution in [1.82, 2.24) is 9.80 Å². The summed E-state index contributed by atoms with van der Waals surface area (Å²) in [7, 11) is 1.46. The highest BCUT2D eigenvalue weighted by Gasteiger charge is 2.46. The molecule has 0 aliphatic carbocycles. The highest BCUT2D eigenvalue weighted by atomic mass is 35.5. The Kier molecular flexibility index (Phi) is 7.88. The third-order valence-electron chi connectivity index (χ3n) is 6.36. The molecule has 0 radical (unpaired) electrons. The molecule has 2 fully saturated rings. The van der Waals surface area contributed by atoms with E-state index in [0.29, 0.717) is 37.5 Å². The number of rotatable bonds is 8. The summed E-state index contributed by atoms with van der Waals surface area (Å²) in [6.07, 6.45) is 0.602. The monoisotopic (exact) mass is 515 g/mol. The minimum Gasteiger partial charge on any atom is -0.507 e. The van der Waals surface area contributed by atoms with Gasteiger partial charge >= 0.3 is 0 Å². The number of halogens is 1. The number of aliphatic hydroxyl groups excluding tert-OH is 1. The molecular weight excluding hydrogens is 490 g/mol. The lowest BCUT2D eigenvalue weighted by molar-refractivity contribution is -0.384. The molecule has 1 N–H and O–H groups in total. The number of carbonyl (C=O) groups excluding carboxylic acids is 2. The van der Waals surface area contributed by atoms with Crippen LogP contribution >= 0.6 is 11.6 Å². The molecule has 0 spiro atoms. The largest absolute Gasteiger partial charge is 0.507 e. The molecule has 4 rings (SSSR count). The molecule has 0 aromatic heterocycles. The number of morpholine rings is 1. The molecule has 36 heavy (non-hydrogen) atoms. The van der Waals surface area contributed by atoms with Gasteiger partial charge in [-0.2, -0.15) is 0 Å². The molecule has 2 saturated heterocycles. The first-order valence-electron chi connectivity index (χ1n) is 11.5. The van der Waals surface area contributed by atoms with E-state index < -0.39 is 22.7 Å². The highest BCUT2D eigenvalue weighted by Crippen LogP contribution is 2.40. The molecule has 2 aliphatic rings. The van der Waals surface area contributed by atoms with E-state index in [1.54, 1.807) is 12.1 Å². The number of nitro groups is 1. The molecule has 1 amide bonds. The zero-order valence-corrected chi connectivity index (χ0v) is 20.4. The van der Waals surface area contributed by atoms with Gasteiger partial charge in [0, 0.05) is 43.9 Å². The number of benzene rings is 2. The summed E-state index contributed by atoms with van der Waals surface area (Å²) in [5.41, 5.74) is 0.512. The van der Waals surface area contributed by atoms with Gasteiger partial charge in [-0.25, -0.2) is 0 Å². The van der Waals surface area contributed by atoms with Gasteiger partial charge in [0.05, 0.1) is 41.9 Å². The van der Waals surface area contributed by atoms with Crippen LogP contribution in [0.2, 0.25) is 5.02 Å². The molecule has 10 nitrogen and oxygen atoms in total. The summed E-state index contributed by atoms with van der Waals surface area (Å²) in [6, 6.07) is 9.26. The molecule has 0 unspecified atom stereocenters. The SMILES string of the molecule is COc1ccc(/C(O)=C2\C(=O)C(=O)N(CCCN3CCOCC3)[C@H]2c2ccc([N+](=O)[O-])cc2)cc1Cl. The number of non-ortho nitro benzene ring substituents is 1. The molecule has 2 aromatic carbocycles. The number of aliphatic hydroxyl groups is 1. The number of carbonyl (C=O) groups is 2. The number of ether oxygens (including phenoxy) is 2. The topological polar surface area (TPSA) is 122 Å². The average Bonchev–Trinajstić information content (AvgIpc) is 3.14.